The molecule has 2 rings (SSSR count). The summed E-state index contributed by atoms with van der Waals surface area (Å²) in [6.45, 7) is 5.77. The molecule has 2 nitrogen and oxygen atoms in total. The molecule has 0 saturated heterocycles. The highest BCUT2D eigenvalue weighted by Crippen LogP contribution is 2.15. The minimum atomic E-state index is 1.17. The second-order valence-corrected chi connectivity index (χ2v) is 10.4. The maximum Gasteiger partial charge on any atom is 0.261 e. The Kier molecular flexibility index (Phi) is 16.6. The molecule has 0 atom stereocenters. The second-order valence-electron chi connectivity index (χ2n) is 10.4. The molecule has 1 heterocycles. The fraction of sp³-hybridized carbons (Fsp3) is 0.719. The van der Waals surface area contributed by atoms with E-state index in [9.17, 15) is 0 Å². The molecule has 0 unspecified atom stereocenters. The molecule has 0 N–H and O–H groups in total. The van der Waals surface area contributed by atoms with Crippen molar-refractivity contribution in [3.8, 4) is 5.69 Å². The summed E-state index contributed by atoms with van der Waals surface area (Å²) in [5.74, 6) is 1.49. The normalized spacial score (nSPS) is 11.4. The molecular weight excluding hydrogens is 412 g/mol. The maximum atomic E-state index is 2.54. The predicted octanol–water partition coefficient (Wildman–Crippen LogP) is 9.76. The summed E-state index contributed by atoms with van der Waals surface area (Å²) in [6, 6.07) is 10.9. The third kappa shape index (κ3) is 12.2. The van der Waals surface area contributed by atoms with Crippen LogP contribution in [0.2, 0.25) is 0 Å². The first-order chi connectivity index (χ1) is 16.9. The lowest BCUT2D eigenvalue weighted by Gasteiger charge is -2.06. The zero-order chi connectivity index (χ0) is 24.1. The first kappa shape index (κ1) is 28.7. The molecule has 1 aromatic carbocycles. The average Bonchev–Trinajstić information content (AvgIpc) is 3.27. The predicted molar refractivity (Wildman–Crippen MR) is 149 cm³/mol. The van der Waals surface area contributed by atoms with Crippen LogP contribution in [0.4, 0.5) is 0 Å². The molecule has 0 radical (unpaired) electrons. The molecule has 2 heteroatoms. The molecule has 1 aromatic heterocycles. The van der Waals surface area contributed by atoms with Gasteiger partial charge in [-0.3, -0.25) is 0 Å². The van der Waals surface area contributed by atoms with Gasteiger partial charge < -0.3 is 0 Å². The van der Waals surface area contributed by atoms with Crippen LogP contribution in [0.1, 0.15) is 142 Å². The van der Waals surface area contributed by atoms with Crippen LogP contribution in [0.5, 0.6) is 0 Å². The lowest BCUT2D eigenvalue weighted by Crippen LogP contribution is -2.37. The summed E-state index contributed by atoms with van der Waals surface area (Å²) in [5, 5.41) is 0. The van der Waals surface area contributed by atoms with Gasteiger partial charge in [-0.1, -0.05) is 135 Å². The second kappa shape index (κ2) is 19.7. The van der Waals surface area contributed by atoms with Gasteiger partial charge in [-0.05, 0) is 31.4 Å². The first-order valence-electron chi connectivity index (χ1n) is 15.0. The van der Waals surface area contributed by atoms with Crippen LogP contribution in [-0.4, -0.2) is 4.57 Å². The smallest absolute Gasteiger partial charge is 0.234 e. The number of aryl methyl sites for hydroxylation is 1. The number of imidazole rings is 1. The molecule has 0 aliphatic heterocycles. The molecule has 192 valence electrons. The van der Waals surface area contributed by atoms with Gasteiger partial charge in [-0.2, -0.15) is 4.57 Å². The molecule has 0 aliphatic rings. The van der Waals surface area contributed by atoms with Crippen molar-refractivity contribution in [1.29, 1.82) is 0 Å². The molecule has 0 amide bonds. The third-order valence-electron chi connectivity index (χ3n) is 7.30. The van der Waals surface area contributed by atoms with E-state index in [1.807, 2.05) is 0 Å². The quantitative estimate of drug-likeness (QED) is 0.120. The molecule has 0 saturated carbocycles. The Bertz CT molecular complexity index is 703. The van der Waals surface area contributed by atoms with E-state index in [2.05, 4.69) is 65.7 Å². The summed E-state index contributed by atoms with van der Waals surface area (Å²) < 4.78 is 4.98. The van der Waals surface area contributed by atoms with Crippen LogP contribution < -0.4 is 4.57 Å². The molecule has 34 heavy (non-hydrogen) atoms. The largest absolute Gasteiger partial charge is 0.261 e. The Hall–Kier alpha value is -1.57. The average molecular weight is 468 g/mol. The van der Waals surface area contributed by atoms with E-state index in [0.29, 0.717) is 0 Å². The Balaban J connectivity index is 1.72. The van der Waals surface area contributed by atoms with Crippen LogP contribution >= 0.6 is 0 Å². The van der Waals surface area contributed by atoms with Gasteiger partial charge in [0.2, 0.25) is 0 Å². The van der Waals surface area contributed by atoms with E-state index in [1.54, 1.807) is 0 Å². The standard InChI is InChI=1S/C32H55N2/c1-3-5-7-9-11-13-15-17-19-24-28-33-29-30-34(31-25-21-20-22-26-31)32(33)27-23-18-16-14-12-10-8-6-4-2/h20-22,25-26,29-30H,3-19,23-24,27-28H2,1-2H3/q+1. The zero-order valence-corrected chi connectivity index (χ0v) is 22.8. The van der Waals surface area contributed by atoms with E-state index < -0.39 is 0 Å². The van der Waals surface area contributed by atoms with Gasteiger partial charge in [0.1, 0.15) is 18.1 Å². The van der Waals surface area contributed by atoms with Crippen LogP contribution in [-0.2, 0) is 13.0 Å². The Morgan fingerprint density at radius 2 is 1.03 bits per heavy atom. The van der Waals surface area contributed by atoms with Gasteiger partial charge in [0, 0.05) is 6.42 Å². The lowest BCUT2D eigenvalue weighted by molar-refractivity contribution is -0.704. The SMILES string of the molecule is CCCCCCCCCCCC[n+]1ccn(-c2ccccc2)c1CCCCCCCCCCC. The summed E-state index contributed by atoms with van der Waals surface area (Å²) in [7, 11) is 0. The van der Waals surface area contributed by atoms with Gasteiger partial charge in [-0.15, -0.1) is 0 Å². The third-order valence-corrected chi connectivity index (χ3v) is 7.30. The van der Waals surface area contributed by atoms with E-state index >= 15 is 0 Å². The number of nitrogens with zero attached hydrogens (tertiary/aromatic N) is 2. The van der Waals surface area contributed by atoms with Gasteiger partial charge in [0.05, 0.1) is 6.54 Å². The molecule has 0 aliphatic carbocycles. The fourth-order valence-corrected chi connectivity index (χ4v) is 5.11. The minimum Gasteiger partial charge on any atom is -0.234 e. The van der Waals surface area contributed by atoms with Crippen molar-refractivity contribution in [2.75, 3.05) is 0 Å². The van der Waals surface area contributed by atoms with Crippen molar-refractivity contribution < 1.29 is 4.57 Å². The number of hydrogen-bond donors (Lipinski definition) is 0. The van der Waals surface area contributed by atoms with Crippen molar-refractivity contribution in [2.45, 2.75) is 149 Å². The Labute approximate surface area is 212 Å². The topological polar surface area (TPSA) is 8.81 Å². The number of unbranched alkanes of at least 4 members (excludes halogenated alkanes) is 17. The first-order valence-corrected chi connectivity index (χ1v) is 15.0. The molecule has 0 fully saturated rings. The maximum absolute atomic E-state index is 2.54. The van der Waals surface area contributed by atoms with Crippen molar-refractivity contribution in [3.63, 3.8) is 0 Å². The van der Waals surface area contributed by atoms with Crippen molar-refractivity contribution in [1.82, 2.24) is 4.57 Å². The molecule has 0 spiro atoms. The zero-order valence-electron chi connectivity index (χ0n) is 22.8. The van der Waals surface area contributed by atoms with Crippen molar-refractivity contribution in [3.05, 3.63) is 48.5 Å². The molecular formula is C32H55N2+. The Morgan fingerprint density at radius 1 is 0.559 bits per heavy atom. The Morgan fingerprint density at radius 3 is 1.56 bits per heavy atom. The summed E-state index contributed by atoms with van der Waals surface area (Å²) >= 11 is 0. The van der Waals surface area contributed by atoms with Gasteiger partial charge in [0.25, 0.3) is 5.82 Å². The number of para-hydroxylation sites is 1. The van der Waals surface area contributed by atoms with Crippen molar-refractivity contribution >= 4 is 0 Å². The van der Waals surface area contributed by atoms with Crippen LogP contribution in [0.25, 0.3) is 5.69 Å². The minimum absolute atomic E-state index is 1.17. The highest BCUT2D eigenvalue weighted by Gasteiger charge is 2.18. The number of aromatic nitrogens is 2. The van der Waals surface area contributed by atoms with Crippen LogP contribution in [0, 0.1) is 0 Å². The summed E-state index contributed by atoms with van der Waals surface area (Å²) in [5.41, 5.74) is 1.30. The summed E-state index contributed by atoms with van der Waals surface area (Å²) in [4.78, 5) is 0. The van der Waals surface area contributed by atoms with E-state index in [1.165, 1.54) is 146 Å². The van der Waals surface area contributed by atoms with Gasteiger partial charge in [0.15, 0.2) is 0 Å². The highest BCUT2D eigenvalue weighted by atomic mass is 15.1. The lowest BCUT2D eigenvalue weighted by atomic mass is 10.1. The monoisotopic (exact) mass is 467 g/mol. The van der Waals surface area contributed by atoms with Crippen LogP contribution in [0.3, 0.4) is 0 Å². The number of rotatable bonds is 22. The van der Waals surface area contributed by atoms with Gasteiger partial charge >= 0.3 is 0 Å². The number of benzene rings is 1. The summed E-state index contributed by atoms with van der Waals surface area (Å²) in [6.07, 6.45) is 32.4. The molecule has 2 aromatic rings. The fourth-order valence-electron chi connectivity index (χ4n) is 5.11. The van der Waals surface area contributed by atoms with E-state index in [4.69, 9.17) is 0 Å². The van der Waals surface area contributed by atoms with Crippen LogP contribution in [0.15, 0.2) is 42.7 Å². The van der Waals surface area contributed by atoms with E-state index in [0.717, 1.165) is 0 Å². The highest BCUT2D eigenvalue weighted by molar-refractivity contribution is 5.31. The number of hydrogen-bond acceptors (Lipinski definition) is 0. The van der Waals surface area contributed by atoms with Crippen molar-refractivity contribution in [2.24, 2.45) is 0 Å². The van der Waals surface area contributed by atoms with Gasteiger partial charge in [-0.25, -0.2) is 4.57 Å². The molecule has 0 bridgehead atoms. The van der Waals surface area contributed by atoms with E-state index in [-0.39, 0.29) is 0 Å².